The van der Waals surface area contributed by atoms with Gasteiger partial charge in [-0.25, -0.2) is 0 Å². The first-order valence-corrected chi connectivity index (χ1v) is 7.46. The van der Waals surface area contributed by atoms with Gasteiger partial charge in [-0.2, -0.15) is 13.2 Å². The molecule has 0 unspecified atom stereocenters. The molecule has 2 nitrogen and oxygen atoms in total. The maximum Gasteiger partial charge on any atom is 0.418 e. The molecule has 0 atom stereocenters. The third-order valence-electron chi connectivity index (χ3n) is 4.52. The fraction of sp³-hybridized carbons (Fsp3) is 0.625. The van der Waals surface area contributed by atoms with E-state index in [9.17, 15) is 13.2 Å². The summed E-state index contributed by atoms with van der Waals surface area (Å²) in [6, 6.07) is 4.61. The minimum absolute atomic E-state index is 0.119. The van der Waals surface area contributed by atoms with Gasteiger partial charge in [0.15, 0.2) is 0 Å². The fourth-order valence-electron chi connectivity index (χ4n) is 3.07. The van der Waals surface area contributed by atoms with E-state index in [1.807, 2.05) is 0 Å². The zero-order chi connectivity index (χ0) is 15.6. The van der Waals surface area contributed by atoms with Crippen LogP contribution in [0.15, 0.2) is 18.2 Å². The molecule has 21 heavy (non-hydrogen) atoms. The lowest BCUT2D eigenvalue weighted by atomic mass is 9.86. The van der Waals surface area contributed by atoms with Gasteiger partial charge in [-0.15, -0.1) is 0 Å². The lowest BCUT2D eigenvalue weighted by Gasteiger charge is -2.36. The van der Waals surface area contributed by atoms with E-state index in [4.69, 9.17) is 5.73 Å². The lowest BCUT2D eigenvalue weighted by Crippen LogP contribution is -2.36. The number of nitrogens with two attached hydrogens (primary N) is 1. The summed E-state index contributed by atoms with van der Waals surface area (Å²) in [5, 5.41) is 0. The highest BCUT2D eigenvalue weighted by atomic mass is 19.4. The molecule has 0 saturated heterocycles. The second kappa shape index (κ2) is 6.26. The number of halogens is 3. The number of hydrogen-bond donors (Lipinski definition) is 1. The highest BCUT2D eigenvalue weighted by Gasteiger charge is 2.36. The van der Waals surface area contributed by atoms with E-state index < -0.39 is 11.7 Å². The minimum Gasteiger partial charge on any atom is -0.371 e. The van der Waals surface area contributed by atoms with Gasteiger partial charge in [-0.3, -0.25) is 0 Å². The van der Waals surface area contributed by atoms with Crippen molar-refractivity contribution in [2.75, 3.05) is 11.9 Å². The van der Waals surface area contributed by atoms with Crippen molar-refractivity contribution in [2.24, 2.45) is 11.7 Å². The van der Waals surface area contributed by atoms with Gasteiger partial charge in [-0.05, 0) is 49.3 Å². The first-order valence-electron chi connectivity index (χ1n) is 7.46. The summed E-state index contributed by atoms with van der Waals surface area (Å²) < 4.78 is 39.9. The van der Waals surface area contributed by atoms with Crippen LogP contribution in [0.5, 0.6) is 0 Å². The van der Waals surface area contributed by atoms with Crippen LogP contribution < -0.4 is 10.6 Å². The SMILES string of the molecule is CC1CCC(N(C)c2ccc(CN)cc2C(F)(F)F)CC1. The zero-order valence-corrected chi connectivity index (χ0v) is 12.6. The molecule has 0 aromatic heterocycles. The van der Waals surface area contributed by atoms with Crippen LogP contribution in [0, 0.1) is 5.92 Å². The average Bonchev–Trinajstić information content (AvgIpc) is 2.46. The zero-order valence-electron chi connectivity index (χ0n) is 12.6. The van der Waals surface area contributed by atoms with Crippen LogP contribution in [0.25, 0.3) is 0 Å². The molecule has 0 amide bonds. The quantitative estimate of drug-likeness (QED) is 0.907. The molecule has 1 aliphatic carbocycles. The molecule has 5 heteroatoms. The molecular weight excluding hydrogens is 277 g/mol. The van der Waals surface area contributed by atoms with Crippen molar-refractivity contribution >= 4 is 5.69 Å². The molecule has 0 radical (unpaired) electrons. The monoisotopic (exact) mass is 300 g/mol. The third-order valence-corrected chi connectivity index (χ3v) is 4.52. The van der Waals surface area contributed by atoms with Crippen LogP contribution in [0.3, 0.4) is 0 Å². The Hall–Kier alpha value is -1.23. The first-order chi connectivity index (χ1) is 9.82. The highest BCUT2D eigenvalue weighted by molar-refractivity contribution is 5.56. The lowest BCUT2D eigenvalue weighted by molar-refractivity contribution is -0.137. The van der Waals surface area contributed by atoms with Crippen LogP contribution in [0.2, 0.25) is 0 Å². The Bertz CT molecular complexity index is 477. The minimum atomic E-state index is -4.35. The summed E-state index contributed by atoms with van der Waals surface area (Å²) in [4.78, 5) is 1.80. The van der Waals surface area contributed by atoms with Gasteiger partial charge in [0.2, 0.25) is 0 Å². The Labute approximate surface area is 124 Å². The number of alkyl halides is 3. The Morgan fingerprint density at radius 3 is 2.33 bits per heavy atom. The van der Waals surface area contributed by atoms with E-state index >= 15 is 0 Å². The molecule has 0 aliphatic heterocycles. The summed E-state index contributed by atoms with van der Waals surface area (Å²) in [7, 11) is 1.77. The Kier molecular flexibility index (Phi) is 4.81. The van der Waals surface area contributed by atoms with Crippen molar-refractivity contribution in [3.05, 3.63) is 29.3 Å². The van der Waals surface area contributed by atoms with Gasteiger partial charge in [-0.1, -0.05) is 13.0 Å². The second-order valence-corrected chi connectivity index (χ2v) is 6.08. The normalized spacial score (nSPS) is 23.1. The van der Waals surface area contributed by atoms with Crippen molar-refractivity contribution in [1.29, 1.82) is 0 Å². The van der Waals surface area contributed by atoms with E-state index in [-0.39, 0.29) is 18.3 Å². The number of anilines is 1. The molecule has 2 rings (SSSR count). The molecule has 1 fully saturated rings. The standard InChI is InChI=1S/C16H23F3N2/c1-11-3-6-13(7-4-11)21(2)15-8-5-12(10-20)9-14(15)16(17,18)19/h5,8-9,11,13H,3-4,6-7,10,20H2,1-2H3. The second-order valence-electron chi connectivity index (χ2n) is 6.08. The predicted octanol–water partition coefficient (Wildman–Crippen LogP) is 4.18. The fourth-order valence-corrected chi connectivity index (χ4v) is 3.07. The Balaban J connectivity index is 2.29. The van der Waals surface area contributed by atoms with Crippen LogP contribution in [0.4, 0.5) is 18.9 Å². The molecule has 1 aliphatic rings. The Morgan fingerprint density at radius 1 is 1.19 bits per heavy atom. The summed E-state index contributed by atoms with van der Waals surface area (Å²) in [6.07, 6.45) is -0.285. The van der Waals surface area contributed by atoms with Gasteiger partial charge in [0.1, 0.15) is 0 Å². The van der Waals surface area contributed by atoms with Crippen molar-refractivity contribution in [3.63, 3.8) is 0 Å². The van der Waals surface area contributed by atoms with Gasteiger partial charge in [0.05, 0.1) is 5.56 Å². The smallest absolute Gasteiger partial charge is 0.371 e. The number of rotatable bonds is 3. The van der Waals surface area contributed by atoms with Crippen molar-refractivity contribution < 1.29 is 13.2 Å². The van der Waals surface area contributed by atoms with E-state index in [1.165, 1.54) is 6.07 Å². The van der Waals surface area contributed by atoms with Crippen LogP contribution >= 0.6 is 0 Å². The molecule has 1 saturated carbocycles. The molecule has 0 heterocycles. The summed E-state index contributed by atoms with van der Waals surface area (Å²) in [6.45, 7) is 2.32. The highest BCUT2D eigenvalue weighted by Crippen LogP contribution is 2.39. The molecular formula is C16H23F3N2. The van der Waals surface area contributed by atoms with Gasteiger partial charge < -0.3 is 10.6 Å². The van der Waals surface area contributed by atoms with E-state index in [0.717, 1.165) is 25.7 Å². The number of benzene rings is 1. The molecule has 1 aromatic carbocycles. The van der Waals surface area contributed by atoms with Crippen LogP contribution in [-0.2, 0) is 12.7 Å². The topological polar surface area (TPSA) is 29.3 Å². The van der Waals surface area contributed by atoms with E-state index in [1.54, 1.807) is 24.1 Å². The molecule has 2 N–H and O–H groups in total. The number of nitrogens with zero attached hydrogens (tertiary/aromatic N) is 1. The average molecular weight is 300 g/mol. The van der Waals surface area contributed by atoms with Crippen LogP contribution in [0.1, 0.15) is 43.7 Å². The summed E-state index contributed by atoms with van der Waals surface area (Å²) >= 11 is 0. The molecule has 0 bridgehead atoms. The Morgan fingerprint density at radius 2 is 1.81 bits per heavy atom. The summed E-state index contributed by atoms with van der Waals surface area (Å²) in [5.41, 5.74) is 5.66. The molecule has 0 spiro atoms. The van der Waals surface area contributed by atoms with E-state index in [2.05, 4.69) is 6.92 Å². The van der Waals surface area contributed by atoms with Gasteiger partial charge in [0, 0.05) is 25.3 Å². The van der Waals surface area contributed by atoms with Crippen molar-refractivity contribution in [1.82, 2.24) is 0 Å². The van der Waals surface area contributed by atoms with Crippen molar-refractivity contribution in [3.8, 4) is 0 Å². The van der Waals surface area contributed by atoms with E-state index in [0.29, 0.717) is 11.5 Å². The molecule has 1 aromatic rings. The van der Waals surface area contributed by atoms with Crippen LogP contribution in [-0.4, -0.2) is 13.1 Å². The predicted molar refractivity (Wildman–Crippen MR) is 79.2 cm³/mol. The largest absolute Gasteiger partial charge is 0.418 e. The number of hydrogen-bond acceptors (Lipinski definition) is 2. The summed E-state index contributed by atoms with van der Waals surface area (Å²) in [5.74, 6) is 0.677. The maximum absolute atomic E-state index is 13.3. The first kappa shape index (κ1) is 16.1. The molecule has 118 valence electrons. The third kappa shape index (κ3) is 3.70. The van der Waals surface area contributed by atoms with Crippen molar-refractivity contribution in [2.45, 2.75) is 51.4 Å². The van der Waals surface area contributed by atoms with Gasteiger partial charge in [0.25, 0.3) is 0 Å². The van der Waals surface area contributed by atoms with Gasteiger partial charge >= 0.3 is 6.18 Å². The maximum atomic E-state index is 13.3.